The molecule has 0 unspecified atom stereocenters. The van der Waals surface area contributed by atoms with E-state index in [-0.39, 0.29) is 19.2 Å². The average molecular weight is 364 g/mol. The van der Waals surface area contributed by atoms with Crippen LogP contribution in [0.25, 0.3) is 0 Å². The van der Waals surface area contributed by atoms with Gasteiger partial charge in [0.1, 0.15) is 18.5 Å². The molecule has 1 amide bonds. The first kappa shape index (κ1) is 19.8. The third-order valence-electron chi connectivity index (χ3n) is 4.10. The minimum Gasteiger partial charge on any atom is -0.495 e. The molecule has 0 heterocycles. The zero-order chi connectivity index (χ0) is 19.8. The van der Waals surface area contributed by atoms with Crippen LogP contribution >= 0.6 is 0 Å². The number of ether oxygens (including phenoxy) is 1. The number of nitrogens with zero attached hydrogens (tertiary/aromatic N) is 3. The Morgan fingerprint density at radius 1 is 1.22 bits per heavy atom. The van der Waals surface area contributed by atoms with Crippen LogP contribution in [-0.2, 0) is 6.54 Å². The van der Waals surface area contributed by atoms with Gasteiger partial charge >= 0.3 is 0 Å². The maximum Gasteiger partial charge on any atom is 0.253 e. The van der Waals surface area contributed by atoms with E-state index in [9.17, 15) is 9.90 Å². The second-order valence-electron chi connectivity index (χ2n) is 5.67. The zero-order valence-corrected chi connectivity index (χ0v) is 15.2. The molecule has 0 aliphatic carbocycles. The van der Waals surface area contributed by atoms with E-state index in [1.54, 1.807) is 35.2 Å². The third-order valence-corrected chi connectivity index (χ3v) is 4.10. The van der Waals surface area contributed by atoms with Gasteiger partial charge in [-0.05, 0) is 42.8 Å². The van der Waals surface area contributed by atoms with Crippen molar-refractivity contribution in [3.63, 3.8) is 0 Å². The van der Waals surface area contributed by atoms with Gasteiger partial charge in [0.15, 0.2) is 0 Å². The van der Waals surface area contributed by atoms with Gasteiger partial charge in [0.2, 0.25) is 0 Å². The summed E-state index contributed by atoms with van der Waals surface area (Å²) in [5, 5.41) is 30.6. The highest BCUT2D eigenvalue weighted by Gasteiger charge is 2.16. The van der Waals surface area contributed by atoms with E-state index in [2.05, 4.69) is 11.4 Å². The quantitative estimate of drug-likeness (QED) is 0.729. The van der Waals surface area contributed by atoms with Crippen LogP contribution in [0.2, 0.25) is 0 Å². The molecule has 0 aliphatic heterocycles. The van der Waals surface area contributed by atoms with Gasteiger partial charge in [-0.15, -0.1) is 0 Å². The second kappa shape index (κ2) is 9.23. The maximum atomic E-state index is 12.7. The number of nitrogens with one attached hydrogen (secondary N) is 1. The number of carbonyl (C=O) groups is 1. The number of nitriles is 2. The van der Waals surface area contributed by atoms with Crippen molar-refractivity contribution in [2.45, 2.75) is 13.5 Å². The van der Waals surface area contributed by atoms with Gasteiger partial charge < -0.3 is 20.1 Å². The normalized spacial score (nSPS) is 9.81. The molecule has 0 fully saturated rings. The van der Waals surface area contributed by atoms with Crippen LogP contribution < -0.4 is 15.0 Å². The first-order valence-electron chi connectivity index (χ1n) is 8.33. The number of carbonyl (C=O) groups excluding carboxylic acids is 1. The van der Waals surface area contributed by atoms with Crippen LogP contribution in [-0.4, -0.2) is 31.4 Å². The number of rotatable bonds is 7. The summed E-state index contributed by atoms with van der Waals surface area (Å²) in [6.45, 7) is 2.33. The number of aliphatic hydroxyl groups is 1. The van der Waals surface area contributed by atoms with Crippen LogP contribution in [0.3, 0.4) is 0 Å². The van der Waals surface area contributed by atoms with Crippen LogP contribution in [0, 0.1) is 22.7 Å². The largest absolute Gasteiger partial charge is 0.495 e. The number of methoxy groups -OCH3 is 1. The molecule has 2 N–H and O–H groups in total. The van der Waals surface area contributed by atoms with Gasteiger partial charge in [0, 0.05) is 13.1 Å². The number of hydrogen-bond donors (Lipinski definition) is 2. The fraction of sp³-hybridized carbons (Fsp3) is 0.250. The Kier molecular flexibility index (Phi) is 6.76. The fourth-order valence-corrected chi connectivity index (χ4v) is 2.64. The summed E-state index contributed by atoms with van der Waals surface area (Å²) < 4.78 is 5.11. The fourth-order valence-electron chi connectivity index (χ4n) is 2.64. The number of anilines is 1. The zero-order valence-electron chi connectivity index (χ0n) is 15.2. The Balaban J connectivity index is 2.25. The van der Waals surface area contributed by atoms with Crippen LogP contribution in [0.15, 0.2) is 36.4 Å². The lowest BCUT2D eigenvalue weighted by Crippen LogP contribution is -2.29. The lowest BCUT2D eigenvalue weighted by molar-refractivity contribution is 0.0951. The molecule has 0 spiro atoms. The van der Waals surface area contributed by atoms with Gasteiger partial charge in [0.05, 0.1) is 35.6 Å². The Morgan fingerprint density at radius 3 is 2.59 bits per heavy atom. The third kappa shape index (κ3) is 4.55. The molecule has 0 saturated heterocycles. The summed E-state index contributed by atoms with van der Waals surface area (Å²) in [7, 11) is 1.49. The molecule has 138 valence electrons. The van der Waals surface area contributed by atoms with Crippen molar-refractivity contribution in [1.82, 2.24) is 5.32 Å². The van der Waals surface area contributed by atoms with Crippen LogP contribution in [0.4, 0.5) is 5.69 Å². The van der Waals surface area contributed by atoms with Crippen molar-refractivity contribution in [2.24, 2.45) is 0 Å². The first-order valence-corrected chi connectivity index (χ1v) is 8.33. The maximum absolute atomic E-state index is 12.7. The monoisotopic (exact) mass is 364 g/mol. The van der Waals surface area contributed by atoms with Crippen molar-refractivity contribution >= 4 is 11.6 Å². The van der Waals surface area contributed by atoms with Gasteiger partial charge in [-0.25, -0.2) is 0 Å². The summed E-state index contributed by atoms with van der Waals surface area (Å²) >= 11 is 0. The van der Waals surface area contributed by atoms with E-state index in [0.29, 0.717) is 34.7 Å². The Bertz CT molecular complexity index is 908. The topological polar surface area (TPSA) is 109 Å². The Labute approximate surface area is 158 Å². The van der Waals surface area contributed by atoms with Crippen molar-refractivity contribution in [3.05, 3.63) is 58.7 Å². The average Bonchev–Trinajstić information content (AvgIpc) is 2.72. The molecule has 2 aromatic rings. The summed E-state index contributed by atoms with van der Waals surface area (Å²) in [5.74, 6) is 0.0986. The minimum absolute atomic E-state index is 0.207. The van der Waals surface area contributed by atoms with Gasteiger partial charge in [-0.3, -0.25) is 4.79 Å². The summed E-state index contributed by atoms with van der Waals surface area (Å²) in [6, 6.07) is 13.9. The highest BCUT2D eigenvalue weighted by atomic mass is 16.5. The van der Waals surface area contributed by atoms with Gasteiger partial charge in [-0.1, -0.05) is 6.07 Å². The molecule has 2 aromatic carbocycles. The Hall–Kier alpha value is -3.55. The highest BCUT2D eigenvalue weighted by molar-refractivity contribution is 6.00. The number of hydrogen-bond acceptors (Lipinski definition) is 6. The summed E-state index contributed by atoms with van der Waals surface area (Å²) in [4.78, 5) is 14.3. The van der Waals surface area contributed by atoms with E-state index in [4.69, 9.17) is 15.3 Å². The van der Waals surface area contributed by atoms with Crippen molar-refractivity contribution in [3.8, 4) is 17.9 Å². The molecule has 0 aromatic heterocycles. The molecule has 0 bridgehead atoms. The lowest BCUT2D eigenvalue weighted by Gasteiger charge is -2.23. The number of aliphatic hydroxyl groups excluding tert-OH is 1. The minimum atomic E-state index is -0.372. The summed E-state index contributed by atoms with van der Waals surface area (Å²) in [6.07, 6.45) is 0. The van der Waals surface area contributed by atoms with E-state index in [1.165, 1.54) is 13.2 Å². The molecule has 0 aliphatic rings. The molecule has 7 nitrogen and oxygen atoms in total. The van der Waals surface area contributed by atoms with Crippen LogP contribution in [0.1, 0.15) is 34.0 Å². The van der Waals surface area contributed by atoms with Gasteiger partial charge in [-0.2, -0.15) is 10.5 Å². The molecule has 0 radical (unpaired) electrons. The predicted octanol–water partition coefficient (Wildman–Crippen LogP) is 2.14. The van der Waals surface area contributed by atoms with E-state index in [1.807, 2.05) is 13.0 Å². The predicted molar refractivity (Wildman–Crippen MR) is 100 cm³/mol. The summed E-state index contributed by atoms with van der Waals surface area (Å²) in [5.41, 5.74) is 2.33. The van der Waals surface area contributed by atoms with Gasteiger partial charge in [0.25, 0.3) is 5.91 Å². The molecule has 27 heavy (non-hydrogen) atoms. The Morgan fingerprint density at radius 2 is 2.00 bits per heavy atom. The van der Waals surface area contributed by atoms with E-state index < -0.39 is 0 Å². The van der Waals surface area contributed by atoms with Crippen molar-refractivity contribution in [1.29, 1.82) is 10.5 Å². The lowest BCUT2D eigenvalue weighted by atomic mass is 10.1. The van der Waals surface area contributed by atoms with E-state index >= 15 is 0 Å². The first-order chi connectivity index (χ1) is 13.1. The van der Waals surface area contributed by atoms with Crippen LogP contribution in [0.5, 0.6) is 5.75 Å². The molecule has 0 saturated carbocycles. The van der Waals surface area contributed by atoms with Crippen molar-refractivity contribution in [2.75, 3.05) is 25.3 Å². The molecular formula is C20H20N4O3. The standard InChI is InChI=1S/C20H20N4O3/c1-3-24(13-25)18-6-4-14(10-21)9-17(18)20(26)23-12-15-5-7-19(27-2)16(8-15)11-22/h4-9,25H,3,12-13H2,1-2H3,(H,23,26). The van der Waals surface area contributed by atoms with Crippen molar-refractivity contribution < 1.29 is 14.6 Å². The SMILES string of the molecule is CCN(CO)c1ccc(C#N)cc1C(=O)NCc1ccc(OC)c(C#N)c1. The number of amides is 1. The van der Waals surface area contributed by atoms with E-state index in [0.717, 1.165) is 5.56 Å². The number of benzene rings is 2. The molecule has 0 atom stereocenters. The molecule has 2 rings (SSSR count). The molecular weight excluding hydrogens is 344 g/mol. The molecule has 7 heteroatoms. The highest BCUT2D eigenvalue weighted by Crippen LogP contribution is 2.22. The smallest absolute Gasteiger partial charge is 0.253 e. The second-order valence-corrected chi connectivity index (χ2v) is 5.67.